The molecule has 5 rings (SSSR count). The maximum atomic E-state index is 13.5. The van der Waals surface area contributed by atoms with Crippen LogP contribution in [0.1, 0.15) is 55.7 Å². The Kier molecular flexibility index (Phi) is 5.70. The van der Waals surface area contributed by atoms with Gasteiger partial charge in [0.25, 0.3) is 0 Å². The lowest BCUT2D eigenvalue weighted by Gasteiger charge is -2.60. The third kappa shape index (κ3) is 3.61. The Morgan fingerprint density at radius 1 is 1.25 bits per heavy atom. The number of nitrogens with zero attached hydrogens (tertiary/aromatic N) is 1. The number of piperidine rings is 1. The Labute approximate surface area is 190 Å². The van der Waals surface area contributed by atoms with Crippen molar-refractivity contribution in [3.63, 3.8) is 0 Å². The first-order valence-corrected chi connectivity index (χ1v) is 12.0. The minimum atomic E-state index is -0.232. The van der Waals surface area contributed by atoms with Crippen LogP contribution in [0.3, 0.4) is 0 Å². The number of likely N-dealkylation sites (tertiary alicyclic amines) is 1. The highest BCUT2D eigenvalue weighted by Crippen LogP contribution is 2.56. The molecule has 1 saturated carbocycles. The highest BCUT2D eigenvalue weighted by molar-refractivity contribution is 5.81. The number of rotatable bonds is 5. The van der Waals surface area contributed by atoms with Gasteiger partial charge in [0.15, 0.2) is 0 Å². The van der Waals surface area contributed by atoms with Gasteiger partial charge in [-0.1, -0.05) is 31.0 Å². The SMILES string of the molecule is CNC(=O)[C@@H](C)N1CCC23CCCCC2[C@@H]1Cc1ccc(OCc2cccc(F)c2)cc13. The van der Waals surface area contributed by atoms with Crippen LogP contribution in [0.4, 0.5) is 4.39 Å². The zero-order valence-corrected chi connectivity index (χ0v) is 19.1. The normalized spacial score (nSPS) is 27.7. The molecule has 4 nitrogen and oxygen atoms in total. The largest absolute Gasteiger partial charge is 0.489 e. The number of benzene rings is 2. The molecule has 2 fully saturated rings. The molecule has 4 atom stereocenters. The molecule has 1 aliphatic heterocycles. The van der Waals surface area contributed by atoms with Crippen molar-refractivity contribution in [3.05, 3.63) is 65.0 Å². The van der Waals surface area contributed by atoms with Gasteiger partial charge in [-0.25, -0.2) is 4.39 Å². The fraction of sp³-hybridized carbons (Fsp3) is 0.519. The van der Waals surface area contributed by atoms with Crippen LogP contribution in [0.15, 0.2) is 42.5 Å². The van der Waals surface area contributed by atoms with E-state index in [2.05, 4.69) is 28.4 Å². The zero-order valence-electron chi connectivity index (χ0n) is 19.1. The molecule has 2 bridgehead atoms. The Morgan fingerprint density at radius 3 is 2.94 bits per heavy atom. The van der Waals surface area contributed by atoms with E-state index < -0.39 is 0 Å². The molecule has 1 heterocycles. The summed E-state index contributed by atoms with van der Waals surface area (Å²) in [5, 5.41) is 2.84. The summed E-state index contributed by atoms with van der Waals surface area (Å²) in [6.45, 7) is 3.38. The molecule has 170 valence electrons. The summed E-state index contributed by atoms with van der Waals surface area (Å²) >= 11 is 0. The second-order valence-corrected chi connectivity index (χ2v) is 9.80. The van der Waals surface area contributed by atoms with Crippen LogP contribution < -0.4 is 10.1 Å². The van der Waals surface area contributed by atoms with Crippen LogP contribution in [0, 0.1) is 11.7 Å². The van der Waals surface area contributed by atoms with Crippen LogP contribution >= 0.6 is 0 Å². The maximum absolute atomic E-state index is 13.5. The van der Waals surface area contributed by atoms with Gasteiger partial charge in [-0.05, 0) is 79.5 Å². The van der Waals surface area contributed by atoms with Gasteiger partial charge in [0.05, 0.1) is 6.04 Å². The van der Waals surface area contributed by atoms with Crippen molar-refractivity contribution < 1.29 is 13.9 Å². The van der Waals surface area contributed by atoms with Crippen molar-refractivity contribution in [1.29, 1.82) is 0 Å². The van der Waals surface area contributed by atoms with Crippen LogP contribution in [0.5, 0.6) is 5.75 Å². The molecule has 0 spiro atoms. The summed E-state index contributed by atoms with van der Waals surface area (Å²) in [5.74, 6) is 1.33. The average molecular weight is 437 g/mol. The molecule has 2 aromatic rings. The minimum absolute atomic E-state index is 0.0969. The van der Waals surface area contributed by atoms with Crippen molar-refractivity contribution in [2.75, 3.05) is 13.6 Å². The van der Waals surface area contributed by atoms with E-state index in [-0.39, 0.29) is 23.2 Å². The molecule has 2 unspecified atom stereocenters. The number of nitrogens with one attached hydrogen (secondary N) is 1. The molecule has 32 heavy (non-hydrogen) atoms. The molecule has 5 heteroatoms. The van der Waals surface area contributed by atoms with E-state index in [4.69, 9.17) is 4.74 Å². The number of hydrogen-bond donors (Lipinski definition) is 1. The number of carbonyl (C=O) groups excluding carboxylic acids is 1. The molecule has 0 aromatic heterocycles. The Morgan fingerprint density at radius 2 is 2.12 bits per heavy atom. The molecule has 1 amide bonds. The zero-order chi connectivity index (χ0) is 22.3. The van der Waals surface area contributed by atoms with Crippen molar-refractivity contribution >= 4 is 5.91 Å². The summed E-state index contributed by atoms with van der Waals surface area (Å²) < 4.78 is 19.6. The molecule has 0 radical (unpaired) electrons. The van der Waals surface area contributed by atoms with Crippen LogP contribution in [-0.4, -0.2) is 36.5 Å². The molecule has 1 N–H and O–H groups in total. The van der Waals surface area contributed by atoms with E-state index in [1.807, 2.05) is 13.0 Å². The van der Waals surface area contributed by atoms with Crippen molar-refractivity contribution in [1.82, 2.24) is 10.2 Å². The molecule has 1 saturated heterocycles. The van der Waals surface area contributed by atoms with Gasteiger partial charge >= 0.3 is 0 Å². The fourth-order valence-corrected chi connectivity index (χ4v) is 6.74. The number of halogens is 1. The van der Waals surface area contributed by atoms with Gasteiger partial charge in [-0.3, -0.25) is 9.69 Å². The summed E-state index contributed by atoms with van der Waals surface area (Å²) in [4.78, 5) is 14.9. The minimum Gasteiger partial charge on any atom is -0.489 e. The van der Waals surface area contributed by atoms with Gasteiger partial charge in [0.1, 0.15) is 18.2 Å². The first kappa shape index (κ1) is 21.4. The Bertz CT molecular complexity index is 1010. The molecule has 3 aliphatic rings. The third-order valence-corrected chi connectivity index (χ3v) is 8.27. The summed E-state index contributed by atoms with van der Waals surface area (Å²) in [7, 11) is 1.73. The van der Waals surface area contributed by atoms with E-state index in [0.717, 1.165) is 30.7 Å². The van der Waals surface area contributed by atoms with Gasteiger partial charge < -0.3 is 10.1 Å². The molecular weight excluding hydrogens is 403 g/mol. The van der Waals surface area contributed by atoms with Crippen LogP contribution in [0.25, 0.3) is 0 Å². The lowest BCUT2D eigenvalue weighted by atomic mass is 9.52. The lowest BCUT2D eigenvalue weighted by Crippen LogP contribution is -2.64. The number of fused-ring (bicyclic) bond motifs is 1. The Balaban J connectivity index is 1.44. The predicted octanol–water partition coefficient (Wildman–Crippen LogP) is 4.60. The number of ether oxygens (including phenoxy) is 1. The van der Waals surface area contributed by atoms with Crippen LogP contribution in [-0.2, 0) is 23.2 Å². The number of likely N-dealkylation sites (N-methyl/N-ethyl adjacent to an activating group) is 1. The highest BCUT2D eigenvalue weighted by atomic mass is 19.1. The van der Waals surface area contributed by atoms with E-state index in [1.54, 1.807) is 13.1 Å². The average Bonchev–Trinajstić information content (AvgIpc) is 2.82. The van der Waals surface area contributed by atoms with E-state index in [9.17, 15) is 9.18 Å². The molecule has 2 aliphatic carbocycles. The first-order chi connectivity index (χ1) is 15.5. The van der Waals surface area contributed by atoms with E-state index >= 15 is 0 Å². The van der Waals surface area contributed by atoms with Crippen molar-refractivity contribution in [2.45, 2.75) is 69.6 Å². The maximum Gasteiger partial charge on any atom is 0.236 e. The van der Waals surface area contributed by atoms with Gasteiger partial charge in [-0.15, -0.1) is 0 Å². The Hall–Kier alpha value is -2.40. The molecule has 2 aromatic carbocycles. The quantitative estimate of drug-likeness (QED) is 0.745. The van der Waals surface area contributed by atoms with Crippen molar-refractivity contribution in [3.8, 4) is 5.75 Å². The van der Waals surface area contributed by atoms with Crippen LogP contribution in [0.2, 0.25) is 0 Å². The van der Waals surface area contributed by atoms with Gasteiger partial charge in [-0.2, -0.15) is 0 Å². The summed E-state index contributed by atoms with van der Waals surface area (Å²) in [6, 6.07) is 13.5. The number of hydrogen-bond acceptors (Lipinski definition) is 3. The van der Waals surface area contributed by atoms with Gasteiger partial charge in [0.2, 0.25) is 5.91 Å². The van der Waals surface area contributed by atoms with E-state index in [0.29, 0.717) is 18.6 Å². The first-order valence-electron chi connectivity index (χ1n) is 12.0. The monoisotopic (exact) mass is 436 g/mol. The fourth-order valence-electron chi connectivity index (χ4n) is 6.74. The predicted molar refractivity (Wildman–Crippen MR) is 123 cm³/mol. The summed E-state index contributed by atoms with van der Waals surface area (Å²) in [5.41, 5.74) is 3.89. The third-order valence-electron chi connectivity index (χ3n) is 8.27. The standard InChI is InChI=1S/C27H33FN2O2/c1-18(26(31)29-2)30-13-12-27-11-4-3-8-23(27)25(30)15-20-9-10-22(16-24(20)27)32-17-19-6-5-7-21(28)14-19/h5-7,9-10,14,16,18,23,25H,3-4,8,11-13,15,17H2,1-2H3,(H,29,31)/t18-,23?,25+,27?/m1/s1. The molecular formula is C27H33FN2O2. The number of amides is 1. The highest BCUT2D eigenvalue weighted by Gasteiger charge is 2.54. The number of carbonyl (C=O) groups is 1. The lowest BCUT2D eigenvalue weighted by molar-refractivity contribution is -0.129. The van der Waals surface area contributed by atoms with Gasteiger partial charge in [0, 0.05) is 25.0 Å². The van der Waals surface area contributed by atoms with E-state index in [1.165, 1.54) is 48.9 Å². The second kappa shape index (κ2) is 8.51. The smallest absolute Gasteiger partial charge is 0.236 e. The van der Waals surface area contributed by atoms with Crippen molar-refractivity contribution in [2.24, 2.45) is 5.92 Å². The topological polar surface area (TPSA) is 41.6 Å². The summed E-state index contributed by atoms with van der Waals surface area (Å²) in [6.07, 6.45) is 7.08. The second-order valence-electron chi connectivity index (χ2n) is 9.80.